The molecule has 0 saturated heterocycles. The molecule has 7 heteroatoms. The summed E-state index contributed by atoms with van der Waals surface area (Å²) in [5, 5.41) is 8.59. The first kappa shape index (κ1) is 10.2. The SMILES string of the molecule is Nc1nc(C(F)F)cc(C(=O)O)c1N. The number of carbonyl (C=O) groups is 1. The van der Waals surface area contributed by atoms with Gasteiger partial charge in [0.05, 0.1) is 11.3 Å². The van der Waals surface area contributed by atoms with Crippen LogP contribution in [-0.4, -0.2) is 16.1 Å². The number of hydrogen-bond acceptors (Lipinski definition) is 4. The second-order valence-corrected chi connectivity index (χ2v) is 2.50. The average Bonchev–Trinajstić information content (AvgIpc) is 2.08. The van der Waals surface area contributed by atoms with E-state index in [2.05, 4.69) is 4.98 Å². The van der Waals surface area contributed by atoms with Crippen LogP contribution in [0.5, 0.6) is 0 Å². The molecule has 0 unspecified atom stereocenters. The van der Waals surface area contributed by atoms with E-state index < -0.39 is 29.5 Å². The lowest BCUT2D eigenvalue weighted by Gasteiger charge is -2.06. The maximum absolute atomic E-state index is 12.2. The Morgan fingerprint density at radius 2 is 2.07 bits per heavy atom. The number of halogens is 2. The van der Waals surface area contributed by atoms with Crippen molar-refractivity contribution in [1.29, 1.82) is 0 Å². The molecule has 1 aromatic heterocycles. The lowest BCUT2D eigenvalue weighted by Crippen LogP contribution is -2.09. The number of nitrogens with zero attached hydrogens (tertiary/aromatic N) is 1. The monoisotopic (exact) mass is 203 g/mol. The smallest absolute Gasteiger partial charge is 0.338 e. The van der Waals surface area contributed by atoms with Crippen molar-refractivity contribution in [1.82, 2.24) is 4.98 Å². The van der Waals surface area contributed by atoms with Crippen molar-refractivity contribution in [3.05, 3.63) is 17.3 Å². The van der Waals surface area contributed by atoms with Crippen molar-refractivity contribution in [2.24, 2.45) is 0 Å². The highest BCUT2D eigenvalue weighted by Crippen LogP contribution is 2.24. The standard InChI is InChI=1S/C7H7F2N3O2/c8-5(9)3-1-2(7(13)14)4(10)6(11)12-3/h1,5H,10H2,(H2,11,12)(H,13,14). The van der Waals surface area contributed by atoms with Crippen LogP contribution in [0.4, 0.5) is 20.3 Å². The Hall–Kier alpha value is -1.92. The van der Waals surface area contributed by atoms with Crippen molar-refractivity contribution in [3.8, 4) is 0 Å². The quantitative estimate of drug-likeness (QED) is 0.662. The van der Waals surface area contributed by atoms with E-state index in [1.54, 1.807) is 0 Å². The molecule has 14 heavy (non-hydrogen) atoms. The zero-order valence-corrected chi connectivity index (χ0v) is 6.87. The molecular formula is C7H7F2N3O2. The number of aromatic nitrogens is 1. The minimum absolute atomic E-state index is 0.304. The highest BCUT2D eigenvalue weighted by Gasteiger charge is 2.17. The fraction of sp³-hybridized carbons (Fsp3) is 0.143. The van der Waals surface area contributed by atoms with Gasteiger partial charge in [0.15, 0.2) is 0 Å². The second kappa shape index (κ2) is 3.44. The second-order valence-electron chi connectivity index (χ2n) is 2.50. The minimum atomic E-state index is -2.88. The van der Waals surface area contributed by atoms with E-state index in [0.29, 0.717) is 6.07 Å². The molecule has 0 fully saturated rings. The maximum atomic E-state index is 12.2. The summed E-state index contributed by atoms with van der Waals surface area (Å²) in [5.74, 6) is -1.82. The lowest BCUT2D eigenvalue weighted by molar-refractivity contribution is 0.0697. The first-order chi connectivity index (χ1) is 6.43. The van der Waals surface area contributed by atoms with E-state index in [4.69, 9.17) is 16.6 Å². The summed E-state index contributed by atoms with van der Waals surface area (Å²) in [6.45, 7) is 0. The number of aromatic carboxylic acids is 1. The molecule has 76 valence electrons. The van der Waals surface area contributed by atoms with Crippen LogP contribution < -0.4 is 11.5 Å². The van der Waals surface area contributed by atoms with Gasteiger partial charge in [-0.1, -0.05) is 0 Å². The average molecular weight is 203 g/mol. The summed E-state index contributed by atoms with van der Waals surface area (Å²) in [5.41, 5.74) is 8.93. The van der Waals surface area contributed by atoms with Gasteiger partial charge in [-0.3, -0.25) is 0 Å². The van der Waals surface area contributed by atoms with Crippen molar-refractivity contribution in [2.45, 2.75) is 6.43 Å². The summed E-state index contributed by atoms with van der Waals surface area (Å²) in [7, 11) is 0. The molecule has 5 N–H and O–H groups in total. The fourth-order valence-electron chi connectivity index (χ4n) is 0.884. The third-order valence-corrected chi connectivity index (χ3v) is 1.56. The van der Waals surface area contributed by atoms with Crippen molar-refractivity contribution in [2.75, 3.05) is 11.5 Å². The number of carboxylic acids is 1. The molecule has 0 aliphatic heterocycles. The molecule has 1 aromatic rings. The molecule has 0 aromatic carbocycles. The Morgan fingerprint density at radius 1 is 1.50 bits per heavy atom. The molecule has 1 rings (SSSR count). The van der Waals surface area contributed by atoms with E-state index in [9.17, 15) is 13.6 Å². The van der Waals surface area contributed by atoms with E-state index in [1.807, 2.05) is 0 Å². The lowest BCUT2D eigenvalue weighted by atomic mass is 10.2. The van der Waals surface area contributed by atoms with Crippen molar-refractivity contribution in [3.63, 3.8) is 0 Å². The van der Waals surface area contributed by atoms with E-state index >= 15 is 0 Å². The van der Waals surface area contributed by atoms with Crippen molar-refractivity contribution < 1.29 is 18.7 Å². The predicted molar refractivity (Wildman–Crippen MR) is 45.0 cm³/mol. The molecular weight excluding hydrogens is 196 g/mol. The number of carboxylic acid groups (broad SMARTS) is 1. The van der Waals surface area contributed by atoms with Gasteiger partial charge in [0, 0.05) is 0 Å². The van der Waals surface area contributed by atoms with Crippen LogP contribution in [0.1, 0.15) is 22.5 Å². The Labute approximate surface area is 77.3 Å². The van der Waals surface area contributed by atoms with Gasteiger partial charge in [0.25, 0.3) is 6.43 Å². The first-order valence-electron chi connectivity index (χ1n) is 3.50. The third kappa shape index (κ3) is 1.70. The molecule has 5 nitrogen and oxygen atoms in total. The van der Waals surface area contributed by atoms with Gasteiger partial charge >= 0.3 is 5.97 Å². The highest BCUT2D eigenvalue weighted by molar-refractivity contribution is 5.96. The van der Waals surface area contributed by atoms with Crippen LogP contribution in [0.2, 0.25) is 0 Å². The third-order valence-electron chi connectivity index (χ3n) is 1.56. The van der Waals surface area contributed by atoms with Gasteiger partial charge in [0.1, 0.15) is 11.5 Å². The van der Waals surface area contributed by atoms with Crippen LogP contribution in [0.25, 0.3) is 0 Å². The Kier molecular flexibility index (Phi) is 2.50. The summed E-state index contributed by atoms with van der Waals surface area (Å²) >= 11 is 0. The topological polar surface area (TPSA) is 102 Å². The summed E-state index contributed by atoms with van der Waals surface area (Å²) in [6.07, 6.45) is -2.88. The number of pyridine rings is 1. The van der Waals surface area contributed by atoms with Crippen LogP contribution >= 0.6 is 0 Å². The Balaban J connectivity index is 3.35. The number of hydrogen-bond donors (Lipinski definition) is 3. The Bertz CT molecular complexity index is 381. The molecule has 0 atom stereocenters. The van der Waals surface area contributed by atoms with Crippen LogP contribution in [0, 0.1) is 0 Å². The molecule has 0 bridgehead atoms. The van der Waals surface area contributed by atoms with Gasteiger partial charge in [-0.15, -0.1) is 0 Å². The van der Waals surface area contributed by atoms with Crippen LogP contribution in [0.3, 0.4) is 0 Å². The molecule has 0 saturated carbocycles. The minimum Gasteiger partial charge on any atom is -0.478 e. The molecule has 0 amide bonds. The number of rotatable bonds is 2. The van der Waals surface area contributed by atoms with Crippen LogP contribution in [0.15, 0.2) is 6.07 Å². The number of alkyl halides is 2. The Morgan fingerprint density at radius 3 is 2.50 bits per heavy atom. The fourth-order valence-corrected chi connectivity index (χ4v) is 0.884. The normalized spacial score (nSPS) is 10.5. The van der Waals surface area contributed by atoms with E-state index in [1.165, 1.54) is 0 Å². The number of nitrogen functional groups attached to an aromatic ring is 2. The number of nitrogens with two attached hydrogens (primary N) is 2. The predicted octanol–water partition coefficient (Wildman–Crippen LogP) is 0.882. The summed E-state index contributed by atoms with van der Waals surface area (Å²) < 4.78 is 24.3. The van der Waals surface area contributed by atoms with E-state index in [0.717, 1.165) is 0 Å². The van der Waals surface area contributed by atoms with Gasteiger partial charge < -0.3 is 16.6 Å². The van der Waals surface area contributed by atoms with Crippen LogP contribution in [-0.2, 0) is 0 Å². The van der Waals surface area contributed by atoms with E-state index in [-0.39, 0.29) is 5.69 Å². The maximum Gasteiger partial charge on any atom is 0.338 e. The summed E-state index contributed by atoms with van der Waals surface area (Å²) in [6, 6.07) is 0.707. The summed E-state index contributed by atoms with van der Waals surface area (Å²) in [4.78, 5) is 13.8. The molecule has 1 heterocycles. The zero-order valence-electron chi connectivity index (χ0n) is 6.87. The first-order valence-corrected chi connectivity index (χ1v) is 3.50. The van der Waals surface area contributed by atoms with Gasteiger partial charge in [-0.2, -0.15) is 0 Å². The van der Waals surface area contributed by atoms with Gasteiger partial charge in [-0.25, -0.2) is 18.6 Å². The van der Waals surface area contributed by atoms with Crippen molar-refractivity contribution >= 4 is 17.5 Å². The molecule has 0 aliphatic rings. The zero-order chi connectivity index (χ0) is 10.9. The molecule has 0 spiro atoms. The van der Waals surface area contributed by atoms with Gasteiger partial charge in [-0.05, 0) is 6.07 Å². The van der Waals surface area contributed by atoms with Gasteiger partial charge in [0.2, 0.25) is 0 Å². The number of anilines is 2. The highest BCUT2D eigenvalue weighted by atomic mass is 19.3. The molecule has 0 radical (unpaired) electrons. The molecule has 0 aliphatic carbocycles. The largest absolute Gasteiger partial charge is 0.478 e.